The van der Waals surface area contributed by atoms with Crippen molar-refractivity contribution in [2.24, 2.45) is 7.05 Å². The fourth-order valence-electron chi connectivity index (χ4n) is 3.80. The van der Waals surface area contributed by atoms with Gasteiger partial charge >= 0.3 is 0 Å². The molecule has 0 atom stereocenters. The Kier molecular flexibility index (Phi) is 5.05. The summed E-state index contributed by atoms with van der Waals surface area (Å²) in [5.74, 6) is -0.642. The molecule has 6 nitrogen and oxygen atoms in total. The maximum Gasteiger partial charge on any atom is 0.268 e. The number of carbonyl (C=O) groups is 1. The molecule has 7 heteroatoms. The number of aromatic nitrogens is 3. The highest BCUT2D eigenvalue weighted by molar-refractivity contribution is 5.95. The van der Waals surface area contributed by atoms with Crippen molar-refractivity contribution in [1.82, 2.24) is 19.2 Å². The van der Waals surface area contributed by atoms with E-state index < -0.39 is 5.56 Å². The van der Waals surface area contributed by atoms with Gasteiger partial charge in [0.2, 0.25) is 0 Å². The van der Waals surface area contributed by atoms with Crippen molar-refractivity contribution in [2.75, 3.05) is 0 Å². The molecule has 1 saturated carbocycles. The van der Waals surface area contributed by atoms with Crippen molar-refractivity contribution in [3.05, 3.63) is 80.8 Å². The molecule has 0 spiro atoms. The van der Waals surface area contributed by atoms with Gasteiger partial charge in [0.15, 0.2) is 0 Å². The van der Waals surface area contributed by atoms with E-state index in [4.69, 9.17) is 0 Å². The Balaban J connectivity index is 1.74. The third-order valence-electron chi connectivity index (χ3n) is 5.86. The zero-order valence-corrected chi connectivity index (χ0v) is 17.6. The van der Waals surface area contributed by atoms with Gasteiger partial charge in [0.05, 0.1) is 5.69 Å². The summed E-state index contributed by atoms with van der Waals surface area (Å²) in [6.07, 6.45) is 3.49. The third-order valence-corrected chi connectivity index (χ3v) is 5.86. The van der Waals surface area contributed by atoms with Crippen LogP contribution in [0, 0.1) is 26.6 Å². The number of benzene rings is 1. The summed E-state index contributed by atoms with van der Waals surface area (Å²) < 4.78 is 16.5. The van der Waals surface area contributed by atoms with Gasteiger partial charge in [-0.15, -0.1) is 0 Å². The topological polar surface area (TPSA) is 60.1 Å². The smallest absolute Gasteiger partial charge is 0.268 e. The lowest BCUT2D eigenvalue weighted by atomic mass is 10.1. The van der Waals surface area contributed by atoms with Crippen molar-refractivity contribution >= 4 is 5.91 Å². The molecule has 0 radical (unpaired) electrons. The molecule has 156 valence electrons. The molecule has 2 aromatic heterocycles. The Morgan fingerprint density at radius 1 is 1.17 bits per heavy atom. The molecule has 30 heavy (non-hydrogen) atoms. The molecule has 0 bridgehead atoms. The van der Waals surface area contributed by atoms with Crippen molar-refractivity contribution in [1.29, 1.82) is 0 Å². The highest BCUT2D eigenvalue weighted by Crippen LogP contribution is 2.31. The maximum absolute atomic E-state index is 13.6. The molecule has 1 aliphatic rings. The molecule has 1 aromatic carbocycles. The van der Waals surface area contributed by atoms with Crippen LogP contribution in [0.3, 0.4) is 0 Å². The molecule has 0 N–H and O–H groups in total. The van der Waals surface area contributed by atoms with Crippen LogP contribution in [-0.2, 0) is 13.6 Å². The zero-order valence-electron chi connectivity index (χ0n) is 17.6. The van der Waals surface area contributed by atoms with Crippen LogP contribution in [0.2, 0.25) is 0 Å². The first-order chi connectivity index (χ1) is 14.3. The highest BCUT2D eigenvalue weighted by atomic mass is 19.1. The standard InChI is InChI=1S/C23H25FN4O2/c1-14-11-12-27(18-7-5-17(24)6-8-18)22(29)21(14)23(30)28(19-9-10-19)13-20-15(2)25-26(4)16(20)3/h5-8,11-12,19H,9-10,13H2,1-4H3. The number of halogens is 1. The minimum Gasteiger partial charge on any atom is -0.331 e. The molecular formula is C23H25FN4O2. The summed E-state index contributed by atoms with van der Waals surface area (Å²) in [4.78, 5) is 28.6. The summed E-state index contributed by atoms with van der Waals surface area (Å²) in [7, 11) is 1.89. The summed E-state index contributed by atoms with van der Waals surface area (Å²) in [6, 6.07) is 7.54. The monoisotopic (exact) mass is 408 g/mol. The van der Waals surface area contributed by atoms with Gasteiger partial charge in [0, 0.05) is 42.8 Å². The number of rotatable bonds is 5. The first-order valence-corrected chi connectivity index (χ1v) is 10.1. The molecule has 1 aliphatic carbocycles. The average molecular weight is 408 g/mol. The van der Waals surface area contributed by atoms with Gasteiger partial charge in [-0.1, -0.05) is 0 Å². The fraction of sp³-hybridized carbons (Fsp3) is 0.348. The quantitative estimate of drug-likeness (QED) is 0.650. The van der Waals surface area contributed by atoms with Crippen molar-refractivity contribution in [3.8, 4) is 5.69 Å². The van der Waals surface area contributed by atoms with E-state index in [-0.39, 0.29) is 23.3 Å². The Labute approximate surface area is 174 Å². The van der Waals surface area contributed by atoms with E-state index in [1.54, 1.807) is 24.1 Å². The summed E-state index contributed by atoms with van der Waals surface area (Å²) in [6.45, 7) is 6.13. The van der Waals surface area contributed by atoms with Gasteiger partial charge in [-0.3, -0.25) is 18.8 Å². The van der Waals surface area contributed by atoms with E-state index in [0.29, 0.717) is 17.8 Å². The van der Waals surface area contributed by atoms with E-state index in [0.717, 1.165) is 29.8 Å². The number of carbonyl (C=O) groups excluding carboxylic acids is 1. The van der Waals surface area contributed by atoms with Gasteiger partial charge in [-0.2, -0.15) is 5.10 Å². The normalized spacial score (nSPS) is 13.5. The number of hydrogen-bond acceptors (Lipinski definition) is 3. The lowest BCUT2D eigenvalue weighted by Gasteiger charge is -2.24. The van der Waals surface area contributed by atoms with Gasteiger partial charge in [0.1, 0.15) is 11.4 Å². The summed E-state index contributed by atoms with van der Waals surface area (Å²) in [5, 5.41) is 4.45. The number of pyridine rings is 1. The molecule has 1 fully saturated rings. The Morgan fingerprint density at radius 2 is 1.83 bits per heavy atom. The zero-order chi connectivity index (χ0) is 21.6. The third kappa shape index (κ3) is 3.56. The molecule has 4 rings (SSSR count). The average Bonchev–Trinajstić information content (AvgIpc) is 3.50. The first-order valence-electron chi connectivity index (χ1n) is 10.1. The highest BCUT2D eigenvalue weighted by Gasteiger charge is 2.35. The van der Waals surface area contributed by atoms with Gasteiger partial charge < -0.3 is 4.90 Å². The molecule has 0 saturated heterocycles. The minimum atomic E-state index is -0.392. The van der Waals surface area contributed by atoms with Gasteiger partial charge in [-0.05, 0) is 69.5 Å². The predicted octanol–water partition coefficient (Wildman–Crippen LogP) is 3.44. The van der Waals surface area contributed by atoms with Crippen molar-refractivity contribution in [3.63, 3.8) is 0 Å². The number of nitrogens with zero attached hydrogens (tertiary/aromatic N) is 4. The second kappa shape index (κ2) is 7.55. The fourth-order valence-corrected chi connectivity index (χ4v) is 3.80. The maximum atomic E-state index is 13.6. The van der Waals surface area contributed by atoms with E-state index in [9.17, 15) is 14.0 Å². The molecule has 3 aromatic rings. The van der Waals surface area contributed by atoms with Crippen molar-refractivity contribution < 1.29 is 9.18 Å². The van der Waals surface area contributed by atoms with E-state index >= 15 is 0 Å². The van der Waals surface area contributed by atoms with Gasteiger partial charge in [0.25, 0.3) is 11.5 Å². The van der Waals surface area contributed by atoms with Crippen LogP contribution in [0.4, 0.5) is 4.39 Å². The van der Waals surface area contributed by atoms with E-state index in [1.165, 1.54) is 28.8 Å². The molecule has 0 aliphatic heterocycles. The second-order valence-electron chi connectivity index (χ2n) is 7.96. The lowest BCUT2D eigenvalue weighted by Crippen LogP contribution is -2.38. The Morgan fingerprint density at radius 3 is 2.40 bits per heavy atom. The van der Waals surface area contributed by atoms with Crippen LogP contribution in [0.1, 0.15) is 45.7 Å². The minimum absolute atomic E-state index is 0.134. The number of aryl methyl sites for hydroxylation is 3. The lowest BCUT2D eigenvalue weighted by molar-refractivity contribution is 0.0726. The predicted molar refractivity (Wildman–Crippen MR) is 112 cm³/mol. The molecular weight excluding hydrogens is 383 g/mol. The van der Waals surface area contributed by atoms with E-state index in [1.807, 2.05) is 25.6 Å². The van der Waals surface area contributed by atoms with Crippen LogP contribution in [0.25, 0.3) is 5.69 Å². The first kappa shape index (κ1) is 20.1. The van der Waals surface area contributed by atoms with E-state index in [2.05, 4.69) is 5.10 Å². The molecule has 0 unspecified atom stereocenters. The van der Waals surface area contributed by atoms with Crippen LogP contribution in [0.15, 0.2) is 41.3 Å². The van der Waals surface area contributed by atoms with Crippen LogP contribution in [0.5, 0.6) is 0 Å². The van der Waals surface area contributed by atoms with Crippen LogP contribution >= 0.6 is 0 Å². The van der Waals surface area contributed by atoms with Gasteiger partial charge in [-0.25, -0.2) is 4.39 Å². The molecule has 2 heterocycles. The number of amides is 1. The summed E-state index contributed by atoms with van der Waals surface area (Å²) in [5.41, 5.74) is 3.84. The van der Waals surface area contributed by atoms with Crippen LogP contribution in [-0.4, -0.2) is 31.2 Å². The summed E-state index contributed by atoms with van der Waals surface area (Å²) >= 11 is 0. The Bertz CT molecular complexity index is 1170. The Hall–Kier alpha value is -3.22. The van der Waals surface area contributed by atoms with Crippen LogP contribution < -0.4 is 5.56 Å². The van der Waals surface area contributed by atoms with Crippen molar-refractivity contribution in [2.45, 2.75) is 46.2 Å². The largest absolute Gasteiger partial charge is 0.331 e. The number of hydrogen-bond donors (Lipinski definition) is 0. The molecule has 1 amide bonds. The second-order valence-corrected chi connectivity index (χ2v) is 7.96. The SMILES string of the molecule is Cc1ccn(-c2ccc(F)cc2)c(=O)c1C(=O)N(Cc1c(C)nn(C)c1C)C1CC1.